The number of alkyl halides is 3. The van der Waals surface area contributed by atoms with Gasteiger partial charge in [-0.3, -0.25) is 0 Å². The molecule has 0 unspecified atom stereocenters. The first kappa shape index (κ1) is 14.6. The van der Waals surface area contributed by atoms with Crippen LogP contribution in [0, 0.1) is 5.82 Å². The van der Waals surface area contributed by atoms with Crippen molar-refractivity contribution in [3.05, 3.63) is 46.3 Å². The lowest BCUT2D eigenvalue weighted by Crippen LogP contribution is -2.05. The van der Waals surface area contributed by atoms with Crippen LogP contribution in [0.2, 0.25) is 0 Å². The number of hydrogen-bond acceptors (Lipinski definition) is 3. The van der Waals surface area contributed by atoms with Gasteiger partial charge in [0, 0.05) is 18.3 Å². The number of halogens is 5. The number of hydrogen-bond donors (Lipinski definition) is 1. The van der Waals surface area contributed by atoms with Crippen molar-refractivity contribution in [2.75, 3.05) is 5.73 Å². The van der Waals surface area contributed by atoms with Crippen molar-refractivity contribution in [1.82, 2.24) is 4.98 Å². The minimum absolute atomic E-state index is 0.0671. The molecular weight excluding hydrogens is 344 g/mol. The molecule has 0 saturated heterocycles. The van der Waals surface area contributed by atoms with Crippen molar-refractivity contribution in [3.8, 4) is 11.6 Å². The maximum atomic E-state index is 13.3. The molecule has 20 heavy (non-hydrogen) atoms. The van der Waals surface area contributed by atoms with Crippen LogP contribution in [0.5, 0.6) is 11.6 Å². The lowest BCUT2D eigenvalue weighted by molar-refractivity contribution is -0.137. The van der Waals surface area contributed by atoms with E-state index in [2.05, 4.69) is 20.9 Å². The number of anilines is 1. The molecule has 1 aromatic carbocycles. The van der Waals surface area contributed by atoms with E-state index in [1.807, 2.05) is 0 Å². The molecule has 0 spiro atoms. The fourth-order valence-electron chi connectivity index (χ4n) is 1.39. The second-order valence-electron chi connectivity index (χ2n) is 3.79. The number of aromatic nitrogens is 1. The number of benzene rings is 1. The Balaban J connectivity index is 2.33. The van der Waals surface area contributed by atoms with Gasteiger partial charge in [-0.05, 0) is 28.1 Å². The molecule has 2 N–H and O–H groups in total. The molecule has 0 aliphatic heterocycles. The summed E-state index contributed by atoms with van der Waals surface area (Å²) < 4.78 is 56.1. The second-order valence-corrected chi connectivity index (χ2v) is 4.64. The molecule has 0 atom stereocenters. The van der Waals surface area contributed by atoms with Gasteiger partial charge in [-0.1, -0.05) is 0 Å². The summed E-state index contributed by atoms with van der Waals surface area (Å²) in [5.41, 5.74) is 4.74. The van der Waals surface area contributed by atoms with Crippen molar-refractivity contribution in [2.45, 2.75) is 6.18 Å². The molecule has 0 aliphatic rings. The highest BCUT2D eigenvalue weighted by atomic mass is 79.9. The largest absolute Gasteiger partial charge is 0.437 e. The van der Waals surface area contributed by atoms with E-state index in [9.17, 15) is 17.6 Å². The van der Waals surface area contributed by atoms with Crippen LogP contribution in [0.4, 0.5) is 23.2 Å². The van der Waals surface area contributed by atoms with Gasteiger partial charge in [0.15, 0.2) is 5.75 Å². The fourth-order valence-corrected chi connectivity index (χ4v) is 1.75. The molecule has 0 fully saturated rings. The van der Waals surface area contributed by atoms with E-state index < -0.39 is 17.6 Å². The summed E-state index contributed by atoms with van der Waals surface area (Å²) in [5.74, 6) is -1.09. The predicted molar refractivity (Wildman–Crippen MR) is 67.8 cm³/mol. The van der Waals surface area contributed by atoms with Crippen molar-refractivity contribution >= 4 is 21.6 Å². The lowest BCUT2D eigenvalue weighted by Gasteiger charge is -2.11. The Bertz CT molecular complexity index is 646. The number of pyridine rings is 1. The number of nitrogens with two attached hydrogens (primary N) is 1. The summed E-state index contributed by atoms with van der Waals surface area (Å²) in [4.78, 5) is 3.63. The minimum atomic E-state index is -4.52. The molecule has 2 aromatic rings. The summed E-state index contributed by atoms with van der Waals surface area (Å²) in [5, 5.41) is 0. The third-order valence-corrected chi connectivity index (χ3v) is 2.94. The van der Waals surface area contributed by atoms with Crippen LogP contribution in [-0.4, -0.2) is 4.98 Å². The van der Waals surface area contributed by atoms with Crippen molar-refractivity contribution in [1.29, 1.82) is 0 Å². The van der Waals surface area contributed by atoms with Gasteiger partial charge >= 0.3 is 6.18 Å². The van der Waals surface area contributed by atoms with E-state index in [4.69, 9.17) is 10.5 Å². The van der Waals surface area contributed by atoms with Crippen LogP contribution < -0.4 is 10.5 Å². The molecule has 0 amide bonds. The normalized spacial score (nSPS) is 11.4. The molecule has 0 radical (unpaired) electrons. The monoisotopic (exact) mass is 350 g/mol. The van der Waals surface area contributed by atoms with Gasteiger partial charge in [-0.15, -0.1) is 0 Å². The summed E-state index contributed by atoms with van der Waals surface area (Å²) in [7, 11) is 0. The Labute approximate surface area is 119 Å². The van der Waals surface area contributed by atoms with E-state index >= 15 is 0 Å². The summed E-state index contributed by atoms with van der Waals surface area (Å²) in [6.45, 7) is 0. The van der Waals surface area contributed by atoms with Gasteiger partial charge in [0.25, 0.3) is 0 Å². The van der Waals surface area contributed by atoms with E-state index in [0.717, 1.165) is 18.3 Å². The molecule has 2 rings (SSSR count). The molecular formula is C12H7BrF4N2O. The zero-order valence-electron chi connectivity index (χ0n) is 9.71. The lowest BCUT2D eigenvalue weighted by atomic mass is 10.2. The molecule has 0 aliphatic carbocycles. The molecule has 0 bridgehead atoms. The van der Waals surface area contributed by atoms with Crippen molar-refractivity contribution < 1.29 is 22.3 Å². The SMILES string of the molecule is Nc1cc(Br)c(F)cc1Oc1cc(C(F)(F)F)ccn1. The van der Waals surface area contributed by atoms with Crippen LogP contribution in [0.15, 0.2) is 34.9 Å². The summed E-state index contributed by atoms with van der Waals surface area (Å²) >= 11 is 2.93. The average molecular weight is 351 g/mol. The standard InChI is InChI=1S/C12H7BrF4N2O/c13-7-4-9(18)10(5-8(7)14)20-11-3-6(1-2-19-11)12(15,16)17/h1-5H,18H2. The van der Waals surface area contributed by atoms with Gasteiger partial charge in [0.1, 0.15) is 5.82 Å². The van der Waals surface area contributed by atoms with Crippen molar-refractivity contribution in [2.24, 2.45) is 0 Å². The Kier molecular flexibility index (Phi) is 3.85. The van der Waals surface area contributed by atoms with E-state index in [1.54, 1.807) is 0 Å². The highest BCUT2D eigenvalue weighted by Gasteiger charge is 2.31. The first-order valence-electron chi connectivity index (χ1n) is 5.23. The smallest absolute Gasteiger partial charge is 0.416 e. The third kappa shape index (κ3) is 3.19. The molecule has 1 heterocycles. The first-order valence-corrected chi connectivity index (χ1v) is 6.02. The van der Waals surface area contributed by atoms with Gasteiger partial charge < -0.3 is 10.5 Å². The van der Waals surface area contributed by atoms with Gasteiger partial charge in [-0.2, -0.15) is 13.2 Å². The minimum Gasteiger partial charge on any atom is -0.437 e. The molecule has 0 saturated carbocycles. The fraction of sp³-hybridized carbons (Fsp3) is 0.0833. The third-order valence-electron chi connectivity index (χ3n) is 2.33. The quantitative estimate of drug-likeness (QED) is 0.645. The Hall–Kier alpha value is -1.83. The van der Waals surface area contributed by atoms with Crippen molar-refractivity contribution in [3.63, 3.8) is 0 Å². The van der Waals surface area contributed by atoms with Gasteiger partial charge in [0.05, 0.1) is 15.7 Å². The van der Waals surface area contributed by atoms with Crippen LogP contribution in [0.1, 0.15) is 5.56 Å². The zero-order valence-corrected chi connectivity index (χ0v) is 11.3. The number of ether oxygens (including phenoxy) is 1. The maximum Gasteiger partial charge on any atom is 0.416 e. The maximum absolute atomic E-state index is 13.3. The second kappa shape index (κ2) is 5.28. The first-order chi connectivity index (χ1) is 9.27. The highest BCUT2D eigenvalue weighted by Crippen LogP contribution is 2.34. The zero-order chi connectivity index (χ0) is 14.9. The Morgan fingerprint density at radius 3 is 2.55 bits per heavy atom. The molecule has 106 valence electrons. The van der Waals surface area contributed by atoms with E-state index in [1.165, 1.54) is 6.07 Å². The van der Waals surface area contributed by atoms with Gasteiger partial charge in [0.2, 0.25) is 5.88 Å². The van der Waals surface area contributed by atoms with Crippen LogP contribution in [0.25, 0.3) is 0 Å². The summed E-state index contributed by atoms with van der Waals surface area (Å²) in [6, 6.07) is 3.72. The van der Waals surface area contributed by atoms with Gasteiger partial charge in [-0.25, -0.2) is 9.37 Å². The predicted octanol–water partition coefficient (Wildman–Crippen LogP) is 4.38. The van der Waals surface area contributed by atoms with E-state index in [-0.39, 0.29) is 21.8 Å². The molecule has 8 heteroatoms. The Morgan fingerprint density at radius 2 is 1.90 bits per heavy atom. The van der Waals surface area contributed by atoms with Crippen LogP contribution in [-0.2, 0) is 6.18 Å². The number of nitrogen functional groups attached to an aromatic ring is 1. The Morgan fingerprint density at radius 1 is 1.20 bits per heavy atom. The molecule has 1 aromatic heterocycles. The van der Waals surface area contributed by atoms with E-state index in [0.29, 0.717) is 6.07 Å². The number of nitrogens with zero attached hydrogens (tertiary/aromatic N) is 1. The number of rotatable bonds is 2. The summed E-state index contributed by atoms with van der Waals surface area (Å²) in [6.07, 6.45) is -3.57. The molecule has 3 nitrogen and oxygen atoms in total. The topological polar surface area (TPSA) is 48.1 Å². The highest BCUT2D eigenvalue weighted by molar-refractivity contribution is 9.10. The van der Waals surface area contributed by atoms with Crippen LogP contribution >= 0.6 is 15.9 Å². The van der Waals surface area contributed by atoms with Crippen LogP contribution in [0.3, 0.4) is 0 Å². The average Bonchev–Trinajstić information content (AvgIpc) is 2.35.